The van der Waals surface area contributed by atoms with Gasteiger partial charge in [-0.15, -0.1) is 0 Å². The number of aryl methyl sites for hydroxylation is 1. The molecule has 0 N–H and O–H groups in total. The summed E-state index contributed by atoms with van der Waals surface area (Å²) >= 11 is 0. The van der Waals surface area contributed by atoms with Crippen LogP contribution >= 0.6 is 0 Å². The number of benzene rings is 3. The van der Waals surface area contributed by atoms with Crippen molar-refractivity contribution < 1.29 is 13.6 Å². The summed E-state index contributed by atoms with van der Waals surface area (Å²) in [6.45, 7) is 2.21. The van der Waals surface area contributed by atoms with Crippen LogP contribution in [-0.2, 0) is 6.54 Å². The number of halogens is 2. The molecular weight excluding hydrogens is 372 g/mol. The van der Waals surface area contributed by atoms with Gasteiger partial charge in [0, 0.05) is 23.7 Å². The van der Waals surface area contributed by atoms with Crippen molar-refractivity contribution >= 4 is 16.7 Å². The van der Waals surface area contributed by atoms with Gasteiger partial charge < -0.3 is 4.57 Å². The SMILES string of the molecule is Cc1ccc(C(=O)c2cn(Cc3ccc(F)cc3)c3ccc(F)cc3c2=O)cc1. The molecule has 4 rings (SSSR count). The molecule has 5 heteroatoms. The Morgan fingerprint density at radius 2 is 1.55 bits per heavy atom. The van der Waals surface area contributed by atoms with Gasteiger partial charge in [0.25, 0.3) is 0 Å². The molecule has 0 amide bonds. The van der Waals surface area contributed by atoms with Gasteiger partial charge in [-0.25, -0.2) is 8.78 Å². The lowest BCUT2D eigenvalue weighted by molar-refractivity contribution is 0.103. The molecule has 1 aromatic heterocycles. The highest BCUT2D eigenvalue weighted by Gasteiger charge is 2.18. The predicted octanol–water partition coefficient (Wildman–Crippen LogP) is 4.87. The van der Waals surface area contributed by atoms with Gasteiger partial charge in [0.05, 0.1) is 11.1 Å². The van der Waals surface area contributed by atoms with Gasteiger partial charge in [-0.3, -0.25) is 9.59 Å². The zero-order valence-electron chi connectivity index (χ0n) is 15.7. The number of rotatable bonds is 4. The van der Waals surface area contributed by atoms with Gasteiger partial charge in [0.1, 0.15) is 11.6 Å². The van der Waals surface area contributed by atoms with Crippen molar-refractivity contribution in [1.29, 1.82) is 0 Å². The Labute approximate surface area is 165 Å². The quantitative estimate of drug-likeness (QED) is 0.467. The van der Waals surface area contributed by atoms with Crippen molar-refractivity contribution in [3.05, 3.63) is 117 Å². The van der Waals surface area contributed by atoms with Crippen LogP contribution in [-0.4, -0.2) is 10.4 Å². The minimum absolute atomic E-state index is 0.0333. The number of ketones is 1. The van der Waals surface area contributed by atoms with E-state index in [1.54, 1.807) is 41.0 Å². The zero-order chi connectivity index (χ0) is 20.5. The monoisotopic (exact) mass is 389 g/mol. The second-order valence-corrected chi connectivity index (χ2v) is 6.98. The number of hydrogen-bond acceptors (Lipinski definition) is 2. The smallest absolute Gasteiger partial charge is 0.200 e. The molecular formula is C24H17F2NO2. The molecule has 29 heavy (non-hydrogen) atoms. The number of nitrogens with zero attached hydrogens (tertiary/aromatic N) is 1. The molecule has 0 bridgehead atoms. The van der Waals surface area contributed by atoms with E-state index in [4.69, 9.17) is 0 Å². The second-order valence-electron chi connectivity index (χ2n) is 6.98. The van der Waals surface area contributed by atoms with Crippen LogP contribution in [0.15, 0.2) is 77.7 Å². The van der Waals surface area contributed by atoms with Crippen molar-refractivity contribution in [2.45, 2.75) is 13.5 Å². The molecule has 1 heterocycles. The number of hydrogen-bond donors (Lipinski definition) is 0. The second kappa shape index (κ2) is 7.43. The third-order valence-corrected chi connectivity index (χ3v) is 4.87. The first-order valence-electron chi connectivity index (χ1n) is 9.11. The van der Waals surface area contributed by atoms with Crippen LogP contribution in [0.25, 0.3) is 10.9 Å². The third-order valence-electron chi connectivity index (χ3n) is 4.87. The molecule has 0 aliphatic heterocycles. The van der Waals surface area contributed by atoms with E-state index in [0.29, 0.717) is 17.6 Å². The van der Waals surface area contributed by atoms with Gasteiger partial charge >= 0.3 is 0 Å². The first-order chi connectivity index (χ1) is 13.9. The first-order valence-corrected chi connectivity index (χ1v) is 9.11. The molecule has 3 aromatic carbocycles. The van der Waals surface area contributed by atoms with Gasteiger partial charge in [-0.2, -0.15) is 0 Å². The van der Waals surface area contributed by atoms with E-state index in [2.05, 4.69) is 0 Å². The molecule has 0 saturated heterocycles. The highest BCUT2D eigenvalue weighted by Crippen LogP contribution is 2.18. The lowest BCUT2D eigenvalue weighted by Gasteiger charge is -2.14. The minimum atomic E-state index is -0.553. The van der Waals surface area contributed by atoms with Crippen molar-refractivity contribution in [2.75, 3.05) is 0 Å². The maximum atomic E-state index is 13.8. The highest BCUT2D eigenvalue weighted by atomic mass is 19.1. The standard InChI is InChI=1S/C24H17F2NO2/c1-15-2-6-17(7-3-15)23(28)21-14-27(13-16-4-8-18(25)9-5-16)22-11-10-19(26)12-20(22)24(21)29/h2-12,14H,13H2,1H3. The number of aromatic nitrogens is 1. The summed E-state index contributed by atoms with van der Waals surface area (Å²) in [6.07, 6.45) is 1.49. The number of pyridine rings is 1. The predicted molar refractivity (Wildman–Crippen MR) is 108 cm³/mol. The Morgan fingerprint density at radius 1 is 0.897 bits per heavy atom. The summed E-state index contributed by atoms with van der Waals surface area (Å²) < 4.78 is 28.8. The van der Waals surface area contributed by atoms with E-state index in [9.17, 15) is 18.4 Å². The molecule has 0 saturated carbocycles. The van der Waals surface area contributed by atoms with Crippen molar-refractivity contribution in [3.8, 4) is 0 Å². The van der Waals surface area contributed by atoms with Crippen LogP contribution in [0.2, 0.25) is 0 Å². The molecule has 0 aliphatic carbocycles. The van der Waals surface area contributed by atoms with E-state index >= 15 is 0 Å². The molecule has 0 unspecified atom stereocenters. The largest absolute Gasteiger partial charge is 0.342 e. The summed E-state index contributed by atoms with van der Waals surface area (Å²) in [4.78, 5) is 26.0. The lowest BCUT2D eigenvalue weighted by atomic mass is 10.0. The van der Waals surface area contributed by atoms with Crippen LogP contribution in [0, 0.1) is 18.6 Å². The Hall–Kier alpha value is -3.60. The van der Waals surface area contributed by atoms with Crippen LogP contribution < -0.4 is 5.43 Å². The van der Waals surface area contributed by atoms with Gasteiger partial charge in [-0.05, 0) is 42.8 Å². The van der Waals surface area contributed by atoms with E-state index in [0.717, 1.165) is 17.2 Å². The molecule has 0 aliphatic rings. The molecule has 144 valence electrons. The summed E-state index contributed by atoms with van der Waals surface area (Å²) in [7, 11) is 0. The molecule has 0 spiro atoms. The zero-order valence-corrected chi connectivity index (χ0v) is 15.7. The number of fused-ring (bicyclic) bond motifs is 1. The van der Waals surface area contributed by atoms with Gasteiger partial charge in [-0.1, -0.05) is 42.0 Å². The fraction of sp³-hybridized carbons (Fsp3) is 0.0833. The first kappa shape index (κ1) is 18.7. The third kappa shape index (κ3) is 3.72. The average Bonchev–Trinajstić information content (AvgIpc) is 2.72. The van der Waals surface area contributed by atoms with E-state index in [1.807, 2.05) is 6.92 Å². The maximum Gasteiger partial charge on any atom is 0.200 e. The summed E-state index contributed by atoms with van der Waals surface area (Å²) in [5, 5.41) is 0.130. The van der Waals surface area contributed by atoms with Crippen LogP contribution in [0.1, 0.15) is 27.0 Å². The average molecular weight is 389 g/mol. The van der Waals surface area contributed by atoms with E-state index in [-0.39, 0.29) is 16.8 Å². The fourth-order valence-electron chi connectivity index (χ4n) is 3.31. The summed E-state index contributed by atoms with van der Waals surface area (Å²) in [5.74, 6) is -1.33. The Kier molecular flexibility index (Phi) is 4.80. The normalized spacial score (nSPS) is 11.0. The topological polar surface area (TPSA) is 39.1 Å². The molecule has 3 nitrogen and oxygen atoms in total. The Morgan fingerprint density at radius 3 is 2.24 bits per heavy atom. The lowest BCUT2D eigenvalue weighted by Crippen LogP contribution is -2.20. The highest BCUT2D eigenvalue weighted by molar-refractivity contribution is 6.10. The molecule has 0 radical (unpaired) electrons. The van der Waals surface area contributed by atoms with Crippen LogP contribution in [0.3, 0.4) is 0 Å². The van der Waals surface area contributed by atoms with Gasteiger partial charge in [0.2, 0.25) is 5.43 Å². The fourth-order valence-corrected chi connectivity index (χ4v) is 3.31. The van der Waals surface area contributed by atoms with Crippen LogP contribution in [0.4, 0.5) is 8.78 Å². The maximum absolute atomic E-state index is 13.8. The molecule has 0 atom stereocenters. The molecule has 4 aromatic rings. The van der Waals surface area contributed by atoms with Crippen LogP contribution in [0.5, 0.6) is 0 Å². The number of carbonyl (C=O) groups is 1. The Balaban J connectivity index is 1.89. The van der Waals surface area contributed by atoms with E-state index in [1.165, 1.54) is 30.5 Å². The minimum Gasteiger partial charge on any atom is -0.342 e. The van der Waals surface area contributed by atoms with E-state index < -0.39 is 17.0 Å². The van der Waals surface area contributed by atoms with Crippen molar-refractivity contribution in [3.63, 3.8) is 0 Å². The van der Waals surface area contributed by atoms with Crippen molar-refractivity contribution in [1.82, 2.24) is 4.57 Å². The molecule has 0 fully saturated rings. The Bertz CT molecular complexity index is 1270. The van der Waals surface area contributed by atoms with Crippen molar-refractivity contribution in [2.24, 2.45) is 0 Å². The summed E-state index contributed by atoms with van der Waals surface area (Å²) in [6, 6.07) is 16.8. The summed E-state index contributed by atoms with van der Waals surface area (Å²) in [5.41, 5.74) is 2.12. The van der Waals surface area contributed by atoms with Gasteiger partial charge in [0.15, 0.2) is 5.78 Å². The number of carbonyl (C=O) groups excluding carboxylic acids is 1.